The zero-order valence-corrected chi connectivity index (χ0v) is 18.0. The van der Waals surface area contributed by atoms with Crippen LogP contribution in [0.15, 0.2) is 42.5 Å². The van der Waals surface area contributed by atoms with Crippen molar-refractivity contribution in [3.05, 3.63) is 81.3 Å². The number of anilines is 2. The Hall–Kier alpha value is -2.92. The van der Waals surface area contributed by atoms with E-state index in [2.05, 4.69) is 36.5 Å². The maximum absolute atomic E-state index is 6.36. The minimum Gasteiger partial charge on any atom is -0.340 e. The Kier molecular flexibility index (Phi) is 4.91. The number of hydrogen-bond acceptors (Lipinski definition) is 4. The van der Waals surface area contributed by atoms with Crippen molar-refractivity contribution in [3.63, 3.8) is 0 Å². The number of rotatable bonds is 4. The number of aromatic nitrogens is 4. The lowest BCUT2D eigenvalue weighted by Gasteiger charge is -2.20. The molecule has 0 fully saturated rings. The number of halogens is 1. The fourth-order valence-electron chi connectivity index (χ4n) is 4.05. The van der Waals surface area contributed by atoms with Crippen LogP contribution in [0.25, 0.3) is 5.78 Å². The monoisotopic (exact) mass is 417 g/mol. The summed E-state index contributed by atoms with van der Waals surface area (Å²) in [5.74, 6) is 2.39. The molecule has 0 radical (unpaired) electrons. The van der Waals surface area contributed by atoms with Crippen molar-refractivity contribution < 1.29 is 0 Å². The van der Waals surface area contributed by atoms with E-state index >= 15 is 0 Å². The number of hydrogen-bond donors (Lipinski definition) is 1. The molecule has 6 heteroatoms. The first kappa shape index (κ1) is 19.1. The maximum atomic E-state index is 6.36. The van der Waals surface area contributed by atoms with E-state index in [1.807, 2.05) is 29.6 Å². The van der Waals surface area contributed by atoms with Crippen molar-refractivity contribution in [3.8, 4) is 0 Å². The summed E-state index contributed by atoms with van der Waals surface area (Å²) in [4.78, 5) is 9.61. The van der Waals surface area contributed by atoms with Gasteiger partial charge in [0.15, 0.2) is 5.82 Å². The highest BCUT2D eigenvalue weighted by Crippen LogP contribution is 2.32. The SMILES string of the molecule is Cc1ccc(Cc2nc3nc4c(c(Nc5cccc(Cl)c5C)n3n2)CCCC4)cc1. The van der Waals surface area contributed by atoms with Crippen LogP contribution in [-0.2, 0) is 19.3 Å². The molecule has 1 N–H and O–H groups in total. The molecule has 5 nitrogen and oxygen atoms in total. The third kappa shape index (κ3) is 3.54. The van der Waals surface area contributed by atoms with Crippen molar-refractivity contribution in [2.75, 3.05) is 5.32 Å². The van der Waals surface area contributed by atoms with Crippen LogP contribution in [0.2, 0.25) is 5.02 Å². The Balaban J connectivity index is 1.60. The normalized spacial score (nSPS) is 13.4. The lowest BCUT2D eigenvalue weighted by Crippen LogP contribution is -2.14. The number of nitrogens with one attached hydrogen (secondary N) is 1. The molecule has 152 valence electrons. The average molecular weight is 418 g/mol. The molecule has 2 aromatic carbocycles. The van der Waals surface area contributed by atoms with Gasteiger partial charge in [-0.05, 0) is 62.8 Å². The van der Waals surface area contributed by atoms with Crippen LogP contribution < -0.4 is 5.32 Å². The van der Waals surface area contributed by atoms with Crippen LogP contribution in [0.4, 0.5) is 11.5 Å². The fraction of sp³-hybridized carbons (Fsp3) is 0.292. The molecule has 0 aliphatic heterocycles. The van der Waals surface area contributed by atoms with Gasteiger partial charge in [-0.2, -0.15) is 9.50 Å². The highest BCUT2D eigenvalue weighted by Gasteiger charge is 2.21. The Morgan fingerprint density at radius 3 is 2.63 bits per heavy atom. The van der Waals surface area contributed by atoms with E-state index in [-0.39, 0.29) is 0 Å². The van der Waals surface area contributed by atoms with E-state index < -0.39 is 0 Å². The first-order valence-corrected chi connectivity index (χ1v) is 10.8. The smallest absolute Gasteiger partial charge is 0.254 e. The third-order valence-corrected chi connectivity index (χ3v) is 6.22. The van der Waals surface area contributed by atoms with Gasteiger partial charge in [0, 0.05) is 22.7 Å². The Morgan fingerprint density at radius 2 is 1.80 bits per heavy atom. The van der Waals surface area contributed by atoms with Gasteiger partial charge < -0.3 is 5.32 Å². The molecule has 0 unspecified atom stereocenters. The third-order valence-electron chi connectivity index (χ3n) is 5.81. The van der Waals surface area contributed by atoms with Crippen LogP contribution >= 0.6 is 11.6 Å². The first-order valence-electron chi connectivity index (χ1n) is 10.4. The van der Waals surface area contributed by atoms with Gasteiger partial charge in [-0.3, -0.25) is 0 Å². The van der Waals surface area contributed by atoms with E-state index in [0.29, 0.717) is 12.2 Å². The van der Waals surface area contributed by atoms with Crippen LogP contribution in [0.1, 0.15) is 46.6 Å². The van der Waals surface area contributed by atoms with Crippen LogP contribution in [0.5, 0.6) is 0 Å². The number of benzene rings is 2. The summed E-state index contributed by atoms with van der Waals surface area (Å²) in [6, 6.07) is 14.4. The minimum atomic E-state index is 0.653. The van der Waals surface area contributed by atoms with Gasteiger partial charge in [-0.1, -0.05) is 47.5 Å². The fourth-order valence-corrected chi connectivity index (χ4v) is 4.22. The second kappa shape index (κ2) is 7.73. The summed E-state index contributed by atoms with van der Waals surface area (Å²) in [5, 5.41) is 9.19. The summed E-state index contributed by atoms with van der Waals surface area (Å²) < 4.78 is 1.87. The standard InChI is InChI=1S/C24H24ClN5/c1-15-10-12-17(13-11-15)14-22-28-24-27-21-8-4-3-6-18(21)23(30(24)29-22)26-20-9-5-7-19(25)16(20)2/h5,7,9-13,26H,3-4,6,8,14H2,1-2H3. The maximum Gasteiger partial charge on any atom is 0.254 e. The van der Waals surface area contributed by atoms with E-state index in [9.17, 15) is 0 Å². The van der Waals surface area contributed by atoms with Crippen LogP contribution in [-0.4, -0.2) is 19.6 Å². The molecule has 4 aromatic rings. The van der Waals surface area contributed by atoms with Crippen molar-refractivity contribution >= 4 is 28.9 Å². The quantitative estimate of drug-likeness (QED) is 0.469. The van der Waals surface area contributed by atoms with Gasteiger partial charge in [-0.25, -0.2) is 4.98 Å². The minimum absolute atomic E-state index is 0.653. The van der Waals surface area contributed by atoms with E-state index in [1.165, 1.54) is 16.7 Å². The number of fused-ring (bicyclic) bond motifs is 2. The molecule has 0 amide bonds. The molecule has 0 bridgehead atoms. The van der Waals surface area contributed by atoms with E-state index in [0.717, 1.165) is 59.3 Å². The van der Waals surface area contributed by atoms with Crippen LogP contribution in [0, 0.1) is 13.8 Å². The molecular weight excluding hydrogens is 394 g/mol. The zero-order chi connectivity index (χ0) is 20.7. The molecule has 1 aliphatic rings. The predicted molar refractivity (Wildman–Crippen MR) is 121 cm³/mol. The molecular formula is C24H24ClN5. The van der Waals surface area contributed by atoms with Crippen molar-refractivity contribution in [1.82, 2.24) is 19.6 Å². The van der Waals surface area contributed by atoms with Crippen molar-refractivity contribution in [2.45, 2.75) is 46.0 Å². The molecule has 1 aliphatic carbocycles. The molecule has 2 aromatic heterocycles. The lowest BCUT2D eigenvalue weighted by molar-refractivity contribution is 0.662. The first-order chi connectivity index (χ1) is 14.6. The molecule has 0 saturated heterocycles. The van der Waals surface area contributed by atoms with Gasteiger partial charge >= 0.3 is 0 Å². The van der Waals surface area contributed by atoms with E-state index in [1.54, 1.807) is 0 Å². The van der Waals surface area contributed by atoms with E-state index in [4.69, 9.17) is 26.7 Å². The highest BCUT2D eigenvalue weighted by molar-refractivity contribution is 6.31. The molecule has 0 saturated carbocycles. The van der Waals surface area contributed by atoms with Gasteiger partial charge in [0.05, 0.1) is 5.69 Å². The van der Waals surface area contributed by atoms with Gasteiger partial charge in [0.1, 0.15) is 5.82 Å². The molecule has 30 heavy (non-hydrogen) atoms. The second-order valence-electron chi connectivity index (χ2n) is 8.03. The second-order valence-corrected chi connectivity index (χ2v) is 8.44. The van der Waals surface area contributed by atoms with Crippen LogP contribution in [0.3, 0.4) is 0 Å². The number of aryl methyl sites for hydroxylation is 2. The molecule has 0 spiro atoms. The topological polar surface area (TPSA) is 55.1 Å². The van der Waals surface area contributed by atoms with Gasteiger partial charge in [-0.15, -0.1) is 5.10 Å². The zero-order valence-electron chi connectivity index (χ0n) is 17.2. The largest absolute Gasteiger partial charge is 0.340 e. The molecule has 0 atom stereocenters. The van der Waals surface area contributed by atoms with Gasteiger partial charge in [0.25, 0.3) is 5.78 Å². The van der Waals surface area contributed by atoms with Crippen molar-refractivity contribution in [1.29, 1.82) is 0 Å². The van der Waals surface area contributed by atoms with Gasteiger partial charge in [0.2, 0.25) is 0 Å². The summed E-state index contributed by atoms with van der Waals surface area (Å²) in [7, 11) is 0. The molecule has 5 rings (SSSR count). The summed E-state index contributed by atoms with van der Waals surface area (Å²) >= 11 is 6.36. The Labute approximate surface area is 181 Å². The Bertz CT molecular complexity index is 1230. The average Bonchev–Trinajstić information content (AvgIpc) is 3.15. The predicted octanol–water partition coefficient (Wildman–Crippen LogP) is 5.61. The summed E-state index contributed by atoms with van der Waals surface area (Å²) in [5.41, 5.74) is 6.82. The van der Waals surface area contributed by atoms with Crippen molar-refractivity contribution in [2.24, 2.45) is 0 Å². The number of nitrogens with zero attached hydrogens (tertiary/aromatic N) is 4. The Morgan fingerprint density at radius 1 is 1.00 bits per heavy atom. The lowest BCUT2D eigenvalue weighted by atomic mass is 9.96. The summed E-state index contributed by atoms with van der Waals surface area (Å²) in [6.45, 7) is 4.12. The highest BCUT2D eigenvalue weighted by atomic mass is 35.5. The molecule has 2 heterocycles. The summed E-state index contributed by atoms with van der Waals surface area (Å²) in [6.07, 6.45) is 4.98.